The van der Waals surface area contributed by atoms with E-state index in [1.807, 2.05) is 0 Å². The average Bonchev–Trinajstić information content (AvgIpc) is 2.28. The fourth-order valence-electron chi connectivity index (χ4n) is 1.92. The van der Waals surface area contributed by atoms with Crippen molar-refractivity contribution in [3.8, 4) is 0 Å². The Morgan fingerprint density at radius 1 is 1.59 bits per heavy atom. The maximum absolute atomic E-state index is 10.4. The molecule has 92 valence electrons. The molecule has 0 atom stereocenters. The molecule has 2 heterocycles. The highest BCUT2D eigenvalue weighted by Gasteiger charge is 2.24. The van der Waals surface area contributed by atoms with Crippen LogP contribution < -0.4 is 5.32 Å². The molecule has 0 spiro atoms. The molecule has 2 rings (SSSR count). The summed E-state index contributed by atoms with van der Waals surface area (Å²) in [5.41, 5.74) is 0.838. The summed E-state index contributed by atoms with van der Waals surface area (Å²) in [6, 6.07) is 3.11. The fourth-order valence-corrected chi connectivity index (χ4v) is 1.92. The van der Waals surface area contributed by atoms with Gasteiger partial charge in [0, 0.05) is 31.6 Å². The summed E-state index contributed by atoms with van der Waals surface area (Å²) in [4.78, 5) is 16.1. The smallest absolute Gasteiger partial charge is 0.363 e. The molecule has 0 radical (unpaired) electrons. The first-order chi connectivity index (χ1) is 8.19. The van der Waals surface area contributed by atoms with Crippen molar-refractivity contribution in [2.24, 2.45) is 5.92 Å². The van der Waals surface area contributed by atoms with E-state index in [1.54, 1.807) is 6.07 Å². The van der Waals surface area contributed by atoms with Crippen LogP contribution >= 0.6 is 0 Å². The fraction of sp³-hybridized carbons (Fsp3) is 0.545. The molecule has 0 saturated carbocycles. The molecule has 1 N–H and O–H groups in total. The van der Waals surface area contributed by atoms with Crippen LogP contribution in [0.2, 0.25) is 0 Å². The lowest BCUT2D eigenvalue weighted by molar-refractivity contribution is -0.389. The van der Waals surface area contributed by atoms with Crippen molar-refractivity contribution in [3.63, 3.8) is 0 Å². The Kier molecular flexibility index (Phi) is 3.53. The zero-order chi connectivity index (χ0) is 12.3. The minimum absolute atomic E-state index is 0.114. The van der Waals surface area contributed by atoms with Crippen LogP contribution in [0.1, 0.15) is 6.92 Å². The maximum atomic E-state index is 10.4. The minimum Gasteiger partial charge on any atom is -0.382 e. The van der Waals surface area contributed by atoms with Gasteiger partial charge < -0.3 is 20.3 Å². The monoisotopic (exact) mass is 236 g/mol. The van der Waals surface area contributed by atoms with Crippen LogP contribution in [-0.2, 0) is 0 Å². The second-order valence-electron chi connectivity index (χ2n) is 4.26. The van der Waals surface area contributed by atoms with Gasteiger partial charge in [-0.2, -0.15) is 0 Å². The van der Waals surface area contributed by atoms with Crippen LogP contribution in [0.3, 0.4) is 0 Å². The number of pyridine rings is 1. The second kappa shape index (κ2) is 5.09. The molecular formula is C11H16N4O2. The van der Waals surface area contributed by atoms with Crippen molar-refractivity contribution in [2.45, 2.75) is 6.92 Å². The predicted octanol–water partition coefficient (Wildman–Crippen LogP) is 1.35. The van der Waals surface area contributed by atoms with Crippen molar-refractivity contribution in [1.82, 2.24) is 9.88 Å². The lowest BCUT2D eigenvalue weighted by Gasteiger charge is -2.38. The van der Waals surface area contributed by atoms with Crippen molar-refractivity contribution in [3.05, 3.63) is 28.4 Å². The summed E-state index contributed by atoms with van der Waals surface area (Å²) in [5.74, 6) is 0.557. The molecule has 1 aliphatic rings. The summed E-state index contributed by atoms with van der Waals surface area (Å²) in [7, 11) is 0. The Labute approximate surface area is 99.8 Å². The van der Waals surface area contributed by atoms with Gasteiger partial charge in [-0.25, -0.2) is 0 Å². The van der Waals surface area contributed by atoms with E-state index in [-0.39, 0.29) is 5.82 Å². The van der Waals surface area contributed by atoms with E-state index in [0.717, 1.165) is 31.9 Å². The summed E-state index contributed by atoms with van der Waals surface area (Å²) in [6.45, 7) is 6.42. The maximum Gasteiger partial charge on any atom is 0.363 e. The van der Waals surface area contributed by atoms with E-state index in [1.165, 1.54) is 12.3 Å². The van der Waals surface area contributed by atoms with Gasteiger partial charge in [0.2, 0.25) is 0 Å². The number of aromatic nitrogens is 1. The third kappa shape index (κ3) is 2.91. The molecule has 6 heteroatoms. The highest BCUT2D eigenvalue weighted by atomic mass is 16.6. The van der Waals surface area contributed by atoms with E-state index in [9.17, 15) is 10.1 Å². The summed E-state index contributed by atoms with van der Waals surface area (Å²) < 4.78 is 0. The third-order valence-electron chi connectivity index (χ3n) is 3.01. The first-order valence-corrected chi connectivity index (χ1v) is 5.75. The van der Waals surface area contributed by atoms with Crippen molar-refractivity contribution < 1.29 is 4.92 Å². The Bertz CT molecular complexity index is 387. The average molecular weight is 236 g/mol. The van der Waals surface area contributed by atoms with Gasteiger partial charge in [-0.1, -0.05) is 6.92 Å². The van der Waals surface area contributed by atoms with Crippen molar-refractivity contribution >= 4 is 11.5 Å². The van der Waals surface area contributed by atoms with Crippen LogP contribution in [0.5, 0.6) is 0 Å². The molecule has 0 bridgehead atoms. The van der Waals surface area contributed by atoms with E-state index >= 15 is 0 Å². The molecule has 0 amide bonds. The summed E-state index contributed by atoms with van der Waals surface area (Å²) in [5, 5.41) is 13.7. The molecule has 1 fully saturated rings. The number of nitro groups is 1. The van der Waals surface area contributed by atoms with Crippen LogP contribution in [0.25, 0.3) is 0 Å². The van der Waals surface area contributed by atoms with E-state index in [4.69, 9.17) is 0 Å². The van der Waals surface area contributed by atoms with Gasteiger partial charge >= 0.3 is 5.82 Å². The predicted molar refractivity (Wildman–Crippen MR) is 65.0 cm³/mol. The molecule has 0 aromatic carbocycles. The number of likely N-dealkylation sites (tertiary alicyclic amines) is 1. The number of rotatable bonds is 5. The Balaban J connectivity index is 1.78. The van der Waals surface area contributed by atoms with E-state index < -0.39 is 4.92 Å². The number of nitrogens with zero attached hydrogens (tertiary/aromatic N) is 3. The molecular weight excluding hydrogens is 220 g/mol. The molecule has 1 aliphatic heterocycles. The van der Waals surface area contributed by atoms with Crippen LogP contribution in [0.15, 0.2) is 18.3 Å². The molecule has 1 saturated heterocycles. The van der Waals surface area contributed by atoms with Crippen LogP contribution in [0, 0.1) is 16.0 Å². The number of nitrogens with one attached hydrogen (secondary N) is 1. The standard InChI is InChI=1S/C11H16N4O2/c1-2-14-7-9(8-14)5-12-10-3-4-11(13-6-10)15(16)17/h3-4,6,9,12H,2,5,7-8H2,1H3. The van der Waals surface area contributed by atoms with Gasteiger partial charge in [0.05, 0.1) is 5.69 Å². The zero-order valence-corrected chi connectivity index (χ0v) is 9.80. The largest absolute Gasteiger partial charge is 0.382 e. The van der Waals surface area contributed by atoms with Gasteiger partial charge in [0.25, 0.3) is 0 Å². The number of hydrogen-bond donors (Lipinski definition) is 1. The number of anilines is 1. The lowest BCUT2D eigenvalue weighted by Crippen LogP contribution is -2.49. The molecule has 1 aromatic rings. The highest BCUT2D eigenvalue weighted by molar-refractivity contribution is 5.43. The van der Waals surface area contributed by atoms with E-state index in [0.29, 0.717) is 5.92 Å². The minimum atomic E-state index is -0.491. The molecule has 6 nitrogen and oxygen atoms in total. The molecule has 1 aromatic heterocycles. The van der Waals surface area contributed by atoms with Crippen LogP contribution in [-0.4, -0.2) is 41.0 Å². The van der Waals surface area contributed by atoms with Gasteiger partial charge in [-0.05, 0) is 22.5 Å². The lowest BCUT2D eigenvalue weighted by atomic mass is 10.0. The number of hydrogen-bond acceptors (Lipinski definition) is 5. The zero-order valence-electron chi connectivity index (χ0n) is 9.80. The topological polar surface area (TPSA) is 71.3 Å². The van der Waals surface area contributed by atoms with Gasteiger partial charge in [0.15, 0.2) is 6.20 Å². The Morgan fingerprint density at radius 2 is 2.35 bits per heavy atom. The Morgan fingerprint density at radius 3 is 2.88 bits per heavy atom. The first kappa shape index (κ1) is 11.8. The molecule has 17 heavy (non-hydrogen) atoms. The SMILES string of the molecule is CCN1CC(CNc2ccc([N+](=O)[O-])nc2)C1. The first-order valence-electron chi connectivity index (χ1n) is 5.75. The summed E-state index contributed by atoms with van der Waals surface area (Å²) in [6.07, 6.45) is 1.51. The van der Waals surface area contributed by atoms with Gasteiger partial charge in [-0.15, -0.1) is 0 Å². The summed E-state index contributed by atoms with van der Waals surface area (Å²) >= 11 is 0. The molecule has 0 unspecified atom stereocenters. The Hall–Kier alpha value is -1.69. The van der Waals surface area contributed by atoms with Crippen molar-refractivity contribution in [1.29, 1.82) is 0 Å². The normalized spacial score (nSPS) is 16.5. The van der Waals surface area contributed by atoms with E-state index in [2.05, 4.69) is 22.1 Å². The quantitative estimate of drug-likeness (QED) is 0.617. The second-order valence-corrected chi connectivity index (χ2v) is 4.26. The van der Waals surface area contributed by atoms with Crippen molar-refractivity contribution in [2.75, 3.05) is 31.5 Å². The van der Waals surface area contributed by atoms with Crippen LogP contribution in [0.4, 0.5) is 11.5 Å². The van der Waals surface area contributed by atoms with Gasteiger partial charge in [-0.3, -0.25) is 0 Å². The van der Waals surface area contributed by atoms with Gasteiger partial charge in [0.1, 0.15) is 0 Å². The molecule has 0 aliphatic carbocycles. The highest BCUT2D eigenvalue weighted by Crippen LogP contribution is 2.16. The third-order valence-corrected chi connectivity index (χ3v) is 3.01.